The average molecular weight is 441 g/mol. The molecule has 0 saturated carbocycles. The van der Waals surface area contributed by atoms with Crippen molar-refractivity contribution >= 4 is 22.7 Å². The molecular weight excluding hydrogens is 408 g/mol. The Bertz CT molecular complexity index is 1210. The number of hydrogen-bond acceptors (Lipinski definition) is 5. The van der Waals surface area contributed by atoms with E-state index in [0.29, 0.717) is 0 Å². The lowest BCUT2D eigenvalue weighted by atomic mass is 9.93. The van der Waals surface area contributed by atoms with Crippen molar-refractivity contribution in [2.24, 2.45) is 13.0 Å². The summed E-state index contributed by atoms with van der Waals surface area (Å²) in [6, 6.07) is 12.5. The lowest BCUT2D eigenvalue weighted by Crippen LogP contribution is -2.28. The maximum atomic E-state index is 4.41. The molecule has 170 valence electrons. The van der Waals surface area contributed by atoms with Crippen LogP contribution in [0.15, 0.2) is 67.9 Å². The SMILES string of the molecule is C=Cc1ccnc(CC2CCNCC2)c1.CNc1cc2cc(-c3cncn3C)ccc2cn1. The van der Waals surface area contributed by atoms with E-state index in [1.54, 1.807) is 0 Å². The number of imidazole rings is 1. The minimum atomic E-state index is 0.804. The lowest BCUT2D eigenvalue weighted by Gasteiger charge is -2.22. The van der Waals surface area contributed by atoms with Crippen molar-refractivity contribution in [3.05, 3.63) is 79.2 Å². The molecule has 1 saturated heterocycles. The molecule has 0 amide bonds. The first-order valence-corrected chi connectivity index (χ1v) is 11.5. The Kier molecular flexibility index (Phi) is 7.47. The number of hydrogen-bond donors (Lipinski definition) is 2. The number of nitrogens with one attached hydrogen (secondary N) is 2. The van der Waals surface area contributed by atoms with Gasteiger partial charge in [0.25, 0.3) is 0 Å². The topological polar surface area (TPSA) is 67.7 Å². The van der Waals surface area contributed by atoms with Gasteiger partial charge in [-0.25, -0.2) is 9.97 Å². The molecule has 0 unspecified atom stereocenters. The molecule has 1 aliphatic heterocycles. The number of fused-ring (bicyclic) bond motifs is 1. The van der Waals surface area contributed by atoms with E-state index < -0.39 is 0 Å². The first-order chi connectivity index (χ1) is 16.2. The highest BCUT2D eigenvalue weighted by Gasteiger charge is 2.13. The monoisotopic (exact) mass is 440 g/mol. The van der Waals surface area contributed by atoms with Gasteiger partial charge in [-0.1, -0.05) is 24.8 Å². The summed E-state index contributed by atoms with van der Waals surface area (Å²) in [6.07, 6.45) is 13.0. The fourth-order valence-corrected chi connectivity index (χ4v) is 4.19. The quantitative estimate of drug-likeness (QED) is 0.460. The van der Waals surface area contributed by atoms with Gasteiger partial charge in [0.2, 0.25) is 0 Å². The number of aryl methyl sites for hydroxylation is 1. The van der Waals surface area contributed by atoms with Crippen LogP contribution in [0.25, 0.3) is 28.1 Å². The fraction of sp³-hybridized carbons (Fsp3) is 0.296. The van der Waals surface area contributed by atoms with Crippen LogP contribution in [0.4, 0.5) is 5.82 Å². The number of piperidine rings is 1. The average Bonchev–Trinajstić information content (AvgIpc) is 3.30. The van der Waals surface area contributed by atoms with E-state index in [1.165, 1.54) is 29.5 Å². The smallest absolute Gasteiger partial charge is 0.126 e. The van der Waals surface area contributed by atoms with Crippen LogP contribution in [0.3, 0.4) is 0 Å². The largest absolute Gasteiger partial charge is 0.373 e. The molecular formula is C27H32N6. The molecule has 1 aliphatic rings. The molecule has 1 aromatic carbocycles. The number of pyridine rings is 2. The van der Waals surface area contributed by atoms with Gasteiger partial charge in [0.15, 0.2) is 0 Å². The highest BCUT2D eigenvalue weighted by atomic mass is 15.0. The van der Waals surface area contributed by atoms with Gasteiger partial charge < -0.3 is 15.2 Å². The van der Waals surface area contributed by atoms with Gasteiger partial charge in [0, 0.05) is 43.1 Å². The summed E-state index contributed by atoms with van der Waals surface area (Å²) in [5, 5.41) is 8.76. The third-order valence-corrected chi connectivity index (χ3v) is 6.12. The standard InChI is InChI=1S/C14H14N4.C13H18N2/c1-15-14-6-12-5-10(3-4-11(12)7-17-14)13-8-16-9-18(13)2;1-2-11-5-8-15-13(9-11)10-12-3-6-14-7-4-12/h3-9H,1-2H3,(H,15,17);2,5,8-9,12,14H,1,3-4,6-7,10H2. The van der Waals surface area contributed by atoms with Gasteiger partial charge in [0.1, 0.15) is 5.82 Å². The summed E-state index contributed by atoms with van der Waals surface area (Å²) in [7, 11) is 3.87. The van der Waals surface area contributed by atoms with Crippen molar-refractivity contribution in [3.63, 3.8) is 0 Å². The van der Waals surface area contributed by atoms with E-state index in [9.17, 15) is 0 Å². The molecule has 6 nitrogen and oxygen atoms in total. The first kappa shape index (κ1) is 22.7. The minimum Gasteiger partial charge on any atom is -0.373 e. The summed E-state index contributed by atoms with van der Waals surface area (Å²) in [6.45, 7) is 6.10. The number of anilines is 1. The molecule has 0 bridgehead atoms. The Morgan fingerprint density at radius 3 is 2.67 bits per heavy atom. The molecule has 33 heavy (non-hydrogen) atoms. The van der Waals surface area contributed by atoms with E-state index in [-0.39, 0.29) is 0 Å². The van der Waals surface area contributed by atoms with Crippen LogP contribution in [0.2, 0.25) is 0 Å². The summed E-state index contributed by atoms with van der Waals surface area (Å²) in [5.74, 6) is 1.68. The molecule has 4 aromatic rings. The summed E-state index contributed by atoms with van der Waals surface area (Å²) in [5.41, 5.74) is 4.66. The summed E-state index contributed by atoms with van der Waals surface area (Å²) >= 11 is 0. The first-order valence-electron chi connectivity index (χ1n) is 11.5. The van der Waals surface area contributed by atoms with E-state index in [2.05, 4.69) is 62.5 Å². The van der Waals surface area contributed by atoms with Gasteiger partial charge in [-0.2, -0.15) is 0 Å². The van der Waals surface area contributed by atoms with Crippen molar-refractivity contribution in [2.45, 2.75) is 19.3 Å². The van der Waals surface area contributed by atoms with Crippen molar-refractivity contribution in [1.82, 2.24) is 24.8 Å². The Balaban J connectivity index is 0.000000160. The van der Waals surface area contributed by atoms with Crippen LogP contribution in [0.1, 0.15) is 24.1 Å². The number of nitrogens with zero attached hydrogens (tertiary/aromatic N) is 4. The molecule has 0 atom stereocenters. The molecule has 6 heteroatoms. The van der Waals surface area contributed by atoms with Gasteiger partial charge in [-0.3, -0.25) is 4.98 Å². The zero-order valence-corrected chi connectivity index (χ0v) is 19.5. The molecule has 3 aromatic heterocycles. The summed E-state index contributed by atoms with van der Waals surface area (Å²) < 4.78 is 2.02. The molecule has 4 heterocycles. The lowest BCUT2D eigenvalue weighted by molar-refractivity contribution is 0.370. The molecule has 0 spiro atoms. The van der Waals surface area contributed by atoms with Gasteiger partial charge in [-0.05, 0) is 73.5 Å². The molecule has 2 N–H and O–H groups in total. The van der Waals surface area contributed by atoms with Crippen molar-refractivity contribution in [3.8, 4) is 11.3 Å². The van der Waals surface area contributed by atoms with E-state index in [4.69, 9.17) is 0 Å². The maximum absolute atomic E-state index is 4.41. The number of rotatable bonds is 5. The van der Waals surface area contributed by atoms with Crippen LogP contribution in [-0.2, 0) is 13.5 Å². The third kappa shape index (κ3) is 5.84. The zero-order valence-electron chi connectivity index (χ0n) is 19.5. The van der Waals surface area contributed by atoms with Crippen molar-refractivity contribution < 1.29 is 0 Å². The zero-order chi connectivity index (χ0) is 23.0. The Labute approximate surface area is 195 Å². The number of aromatic nitrogens is 4. The predicted molar refractivity (Wildman–Crippen MR) is 137 cm³/mol. The van der Waals surface area contributed by atoms with Gasteiger partial charge in [-0.15, -0.1) is 0 Å². The Morgan fingerprint density at radius 1 is 1.09 bits per heavy atom. The fourth-order valence-electron chi connectivity index (χ4n) is 4.19. The second-order valence-electron chi connectivity index (χ2n) is 8.45. The highest BCUT2D eigenvalue weighted by Crippen LogP contribution is 2.24. The van der Waals surface area contributed by atoms with E-state index >= 15 is 0 Å². The van der Waals surface area contributed by atoms with Crippen LogP contribution in [0.5, 0.6) is 0 Å². The molecule has 0 aliphatic carbocycles. The Morgan fingerprint density at radius 2 is 1.94 bits per heavy atom. The van der Waals surface area contributed by atoms with Gasteiger partial charge in [0.05, 0.1) is 18.2 Å². The molecule has 1 fully saturated rings. The maximum Gasteiger partial charge on any atom is 0.126 e. The predicted octanol–water partition coefficient (Wildman–Crippen LogP) is 4.94. The van der Waals surface area contributed by atoms with Gasteiger partial charge >= 0.3 is 0 Å². The minimum absolute atomic E-state index is 0.804. The van der Waals surface area contributed by atoms with Crippen LogP contribution < -0.4 is 10.6 Å². The second-order valence-corrected chi connectivity index (χ2v) is 8.45. The Hall–Kier alpha value is -3.51. The second kappa shape index (κ2) is 10.9. The normalized spacial score (nSPS) is 13.9. The van der Waals surface area contributed by atoms with Crippen LogP contribution in [-0.4, -0.2) is 39.7 Å². The van der Waals surface area contributed by atoms with Crippen molar-refractivity contribution in [1.29, 1.82) is 0 Å². The van der Waals surface area contributed by atoms with E-state index in [0.717, 1.165) is 47.9 Å². The summed E-state index contributed by atoms with van der Waals surface area (Å²) in [4.78, 5) is 12.9. The number of benzene rings is 1. The van der Waals surface area contributed by atoms with Crippen molar-refractivity contribution in [2.75, 3.05) is 25.5 Å². The molecule has 5 rings (SSSR count). The third-order valence-electron chi connectivity index (χ3n) is 6.12. The van der Waals surface area contributed by atoms with E-state index in [1.807, 2.05) is 55.7 Å². The highest BCUT2D eigenvalue weighted by molar-refractivity contribution is 5.87. The van der Waals surface area contributed by atoms with Crippen LogP contribution >= 0.6 is 0 Å². The van der Waals surface area contributed by atoms with Crippen LogP contribution in [0, 0.1) is 5.92 Å². The molecule has 0 radical (unpaired) electrons.